The molecule has 1 aliphatic carbocycles. The number of aromatic hydroxyl groups is 1. The lowest BCUT2D eigenvalue weighted by molar-refractivity contribution is -0.0875. The maximum Gasteiger partial charge on any atom is 0.187 e. The number of aliphatic hydroxyl groups is 3. The Hall–Kier alpha value is -2.26. The number of hydrogen-bond donors (Lipinski definition) is 4. The van der Waals surface area contributed by atoms with Crippen molar-refractivity contribution in [2.45, 2.75) is 30.3 Å². The summed E-state index contributed by atoms with van der Waals surface area (Å²) in [6.45, 7) is 0.537. The SMILES string of the molecule is Oc1c(F)cc([C@H](O)CN2C[C@@H]3C[C@@H](Oc4ccccc4)[C@@H](O)[C@]3(O)C2)cc1F. The van der Waals surface area contributed by atoms with Crippen LogP contribution < -0.4 is 4.74 Å². The molecule has 2 aromatic rings. The maximum absolute atomic E-state index is 13.5. The van der Waals surface area contributed by atoms with Crippen LogP contribution in [0.1, 0.15) is 18.1 Å². The fraction of sp³-hybridized carbons (Fsp3) is 0.429. The first-order chi connectivity index (χ1) is 13.8. The molecule has 2 aliphatic rings. The summed E-state index contributed by atoms with van der Waals surface area (Å²) in [4.78, 5) is 1.75. The van der Waals surface area contributed by atoms with Crippen molar-refractivity contribution >= 4 is 0 Å². The minimum Gasteiger partial charge on any atom is -0.503 e. The molecule has 2 fully saturated rings. The van der Waals surface area contributed by atoms with Crippen molar-refractivity contribution < 1.29 is 33.9 Å². The van der Waals surface area contributed by atoms with E-state index in [0.717, 1.165) is 12.1 Å². The molecule has 4 rings (SSSR count). The highest BCUT2D eigenvalue weighted by Crippen LogP contribution is 2.43. The molecule has 1 saturated heterocycles. The zero-order valence-corrected chi connectivity index (χ0v) is 15.6. The van der Waals surface area contributed by atoms with E-state index in [0.29, 0.717) is 18.7 Å². The first kappa shape index (κ1) is 20.0. The van der Waals surface area contributed by atoms with E-state index >= 15 is 0 Å². The van der Waals surface area contributed by atoms with Gasteiger partial charge in [0, 0.05) is 25.6 Å². The van der Waals surface area contributed by atoms with Crippen LogP contribution in [0.5, 0.6) is 11.5 Å². The van der Waals surface area contributed by atoms with Gasteiger partial charge < -0.3 is 25.2 Å². The first-order valence-corrected chi connectivity index (χ1v) is 9.48. The predicted molar refractivity (Wildman–Crippen MR) is 99.3 cm³/mol. The van der Waals surface area contributed by atoms with Crippen LogP contribution in [0.4, 0.5) is 8.78 Å². The summed E-state index contributed by atoms with van der Waals surface area (Å²) < 4.78 is 32.9. The summed E-state index contributed by atoms with van der Waals surface area (Å²) in [6.07, 6.45) is -2.41. The fourth-order valence-corrected chi connectivity index (χ4v) is 4.42. The number of fused-ring (bicyclic) bond motifs is 1. The highest BCUT2D eigenvalue weighted by Gasteiger charge is 2.59. The lowest BCUT2D eigenvalue weighted by Crippen LogP contribution is -2.49. The van der Waals surface area contributed by atoms with Gasteiger partial charge in [-0.1, -0.05) is 18.2 Å². The molecule has 156 valence electrons. The van der Waals surface area contributed by atoms with Gasteiger partial charge in [-0.15, -0.1) is 0 Å². The summed E-state index contributed by atoms with van der Waals surface area (Å²) >= 11 is 0. The van der Waals surface area contributed by atoms with Crippen LogP contribution in [0, 0.1) is 17.6 Å². The third-order valence-corrected chi connectivity index (χ3v) is 5.93. The second-order valence-corrected chi connectivity index (χ2v) is 7.88. The van der Waals surface area contributed by atoms with E-state index in [9.17, 15) is 29.2 Å². The van der Waals surface area contributed by atoms with Crippen LogP contribution in [0.3, 0.4) is 0 Å². The number of ether oxygens (including phenoxy) is 1. The van der Waals surface area contributed by atoms with E-state index in [1.54, 1.807) is 17.0 Å². The van der Waals surface area contributed by atoms with Gasteiger partial charge in [-0.3, -0.25) is 4.90 Å². The number of benzene rings is 2. The van der Waals surface area contributed by atoms with Crippen molar-refractivity contribution in [2.24, 2.45) is 5.92 Å². The Labute approximate surface area is 166 Å². The molecule has 0 bridgehead atoms. The quantitative estimate of drug-likeness (QED) is 0.602. The summed E-state index contributed by atoms with van der Waals surface area (Å²) in [5.74, 6) is -3.02. The molecule has 8 heteroatoms. The zero-order chi connectivity index (χ0) is 20.8. The van der Waals surface area contributed by atoms with Gasteiger partial charge in [0.1, 0.15) is 23.6 Å². The van der Waals surface area contributed by atoms with Crippen LogP contribution >= 0.6 is 0 Å². The van der Waals surface area contributed by atoms with Crippen LogP contribution in [0.15, 0.2) is 42.5 Å². The van der Waals surface area contributed by atoms with Crippen molar-refractivity contribution in [1.82, 2.24) is 4.90 Å². The highest BCUT2D eigenvalue weighted by molar-refractivity contribution is 5.31. The number of hydrogen-bond acceptors (Lipinski definition) is 6. The topological polar surface area (TPSA) is 93.4 Å². The van der Waals surface area contributed by atoms with Crippen LogP contribution in [-0.4, -0.2) is 62.8 Å². The molecule has 1 saturated carbocycles. The molecule has 29 heavy (non-hydrogen) atoms. The molecule has 0 unspecified atom stereocenters. The lowest BCUT2D eigenvalue weighted by atomic mass is 9.93. The molecule has 1 aliphatic heterocycles. The molecular formula is C21H23F2NO5. The van der Waals surface area contributed by atoms with Gasteiger partial charge in [0.2, 0.25) is 0 Å². The molecule has 0 amide bonds. The molecule has 4 N–H and O–H groups in total. The van der Waals surface area contributed by atoms with Crippen LogP contribution in [-0.2, 0) is 0 Å². The van der Waals surface area contributed by atoms with Crippen molar-refractivity contribution in [3.8, 4) is 11.5 Å². The normalized spacial score (nSPS) is 30.3. The fourth-order valence-electron chi connectivity index (χ4n) is 4.42. The van der Waals surface area contributed by atoms with Gasteiger partial charge in [0.15, 0.2) is 17.4 Å². The number of aliphatic hydroxyl groups excluding tert-OH is 2. The predicted octanol–water partition coefficient (Wildman–Crippen LogP) is 1.58. The number of likely N-dealkylation sites (tertiary alicyclic amines) is 1. The van der Waals surface area contributed by atoms with Crippen LogP contribution in [0.2, 0.25) is 0 Å². The molecule has 0 aromatic heterocycles. The van der Waals surface area contributed by atoms with E-state index < -0.39 is 41.3 Å². The number of β-amino-alcohol motifs (C(OH)–C–C–N with tert-alkyl or cyclic N) is 2. The van der Waals surface area contributed by atoms with Gasteiger partial charge in [-0.2, -0.15) is 0 Å². The Bertz CT molecular complexity index is 860. The number of nitrogens with zero attached hydrogens (tertiary/aromatic N) is 1. The molecule has 1 heterocycles. The van der Waals surface area contributed by atoms with Gasteiger partial charge in [0.25, 0.3) is 0 Å². The standard InChI is InChI=1S/C21H23F2NO5/c22-15-6-12(7-16(23)19(15)26)17(25)10-24-9-13-8-18(20(27)21(13,28)11-24)29-14-4-2-1-3-5-14/h1-7,13,17-18,20,25-28H,8-11H2/t13-,17+,18+,20+,21-/m0/s1. The van der Waals surface area contributed by atoms with E-state index in [-0.39, 0.29) is 24.6 Å². The third kappa shape index (κ3) is 3.69. The Kier molecular flexibility index (Phi) is 5.20. The Morgan fingerprint density at radius 1 is 1.17 bits per heavy atom. The summed E-state index contributed by atoms with van der Waals surface area (Å²) in [6, 6.07) is 10.8. The number of rotatable bonds is 5. The molecule has 2 aromatic carbocycles. The minimum absolute atomic E-state index is 0.00677. The highest BCUT2D eigenvalue weighted by atomic mass is 19.1. The van der Waals surface area contributed by atoms with E-state index in [4.69, 9.17) is 4.74 Å². The number of phenols is 1. The summed E-state index contributed by atoms with van der Waals surface area (Å²) in [5, 5.41) is 41.2. The van der Waals surface area contributed by atoms with Gasteiger partial charge in [-0.25, -0.2) is 8.78 Å². The second kappa shape index (κ2) is 7.53. The average Bonchev–Trinajstić information content (AvgIpc) is 3.11. The van der Waals surface area contributed by atoms with E-state index in [1.165, 1.54) is 0 Å². The Balaban J connectivity index is 1.41. The van der Waals surface area contributed by atoms with Crippen molar-refractivity contribution in [1.29, 1.82) is 0 Å². The number of halogens is 2. The molecular weight excluding hydrogens is 384 g/mol. The summed E-state index contributed by atoms with van der Waals surface area (Å²) in [7, 11) is 0. The van der Waals surface area contributed by atoms with Crippen molar-refractivity contribution in [3.63, 3.8) is 0 Å². The number of para-hydroxylation sites is 1. The van der Waals surface area contributed by atoms with Crippen molar-refractivity contribution in [2.75, 3.05) is 19.6 Å². The van der Waals surface area contributed by atoms with E-state index in [1.807, 2.05) is 18.2 Å². The van der Waals surface area contributed by atoms with E-state index in [2.05, 4.69) is 0 Å². The largest absolute Gasteiger partial charge is 0.503 e. The molecule has 0 spiro atoms. The average molecular weight is 407 g/mol. The molecule has 5 atom stereocenters. The monoisotopic (exact) mass is 407 g/mol. The third-order valence-electron chi connectivity index (χ3n) is 5.93. The Morgan fingerprint density at radius 3 is 2.45 bits per heavy atom. The second-order valence-electron chi connectivity index (χ2n) is 7.88. The Morgan fingerprint density at radius 2 is 1.83 bits per heavy atom. The maximum atomic E-state index is 13.5. The number of phenolic OH excluding ortho intramolecular Hbond substituents is 1. The van der Waals surface area contributed by atoms with Crippen LogP contribution in [0.25, 0.3) is 0 Å². The zero-order valence-electron chi connectivity index (χ0n) is 15.6. The van der Waals surface area contributed by atoms with Gasteiger partial charge >= 0.3 is 0 Å². The summed E-state index contributed by atoms with van der Waals surface area (Å²) in [5.41, 5.74) is -1.39. The van der Waals surface area contributed by atoms with Crippen molar-refractivity contribution in [3.05, 3.63) is 59.7 Å². The molecule has 0 radical (unpaired) electrons. The lowest BCUT2D eigenvalue weighted by Gasteiger charge is -2.29. The smallest absolute Gasteiger partial charge is 0.187 e. The molecule has 6 nitrogen and oxygen atoms in total. The van der Waals surface area contributed by atoms with Gasteiger partial charge in [-0.05, 0) is 36.2 Å². The minimum atomic E-state index is -1.38. The first-order valence-electron chi connectivity index (χ1n) is 9.48. The van der Waals surface area contributed by atoms with Gasteiger partial charge in [0.05, 0.1) is 6.10 Å².